The quantitative estimate of drug-likeness (QED) is 0.627. The van der Waals surface area contributed by atoms with Crippen molar-refractivity contribution in [2.45, 2.75) is 0 Å². The van der Waals surface area contributed by atoms with Crippen LogP contribution in [0.25, 0.3) is 11.0 Å². The zero-order valence-corrected chi connectivity index (χ0v) is 13.2. The normalized spacial score (nSPS) is 10.9. The molecule has 1 aromatic carbocycles. The summed E-state index contributed by atoms with van der Waals surface area (Å²) in [6, 6.07) is 5.80. The van der Waals surface area contributed by atoms with Crippen LogP contribution in [0.1, 0.15) is 0 Å². The molecule has 0 aliphatic carbocycles. The minimum atomic E-state index is 0.160. The predicted molar refractivity (Wildman–Crippen MR) is 81.8 cm³/mol. The molecular weight excluding hydrogens is 397 g/mol. The van der Waals surface area contributed by atoms with Crippen molar-refractivity contribution in [3.8, 4) is 0 Å². The van der Waals surface area contributed by atoms with Crippen molar-refractivity contribution in [1.29, 1.82) is 0 Å². The van der Waals surface area contributed by atoms with Crippen LogP contribution in [0.5, 0.6) is 0 Å². The van der Waals surface area contributed by atoms with Gasteiger partial charge in [0.25, 0.3) is 0 Å². The lowest BCUT2D eigenvalue weighted by molar-refractivity contribution is 1.09. The molecule has 8 heteroatoms. The first-order chi connectivity index (χ1) is 9.13. The predicted octanol–water partition coefficient (Wildman–Crippen LogP) is 4.27. The molecule has 96 valence electrons. The van der Waals surface area contributed by atoms with E-state index in [-0.39, 0.29) is 5.28 Å². The van der Waals surface area contributed by atoms with Crippen LogP contribution in [-0.4, -0.2) is 20.2 Å². The molecule has 0 saturated carbocycles. The number of H-pyrrole nitrogens is 1. The number of hydrogen-bond acceptors (Lipinski definition) is 4. The maximum absolute atomic E-state index is 5.88. The molecule has 2 aromatic heterocycles. The van der Waals surface area contributed by atoms with Crippen molar-refractivity contribution in [2.24, 2.45) is 0 Å². The summed E-state index contributed by atoms with van der Waals surface area (Å²) in [5, 5.41) is 10.8. The van der Waals surface area contributed by atoms with Crippen LogP contribution in [0, 0.1) is 0 Å². The first kappa shape index (κ1) is 12.8. The molecule has 19 heavy (non-hydrogen) atoms. The topological polar surface area (TPSA) is 66.5 Å². The maximum atomic E-state index is 5.88. The number of aromatic nitrogens is 4. The highest BCUT2D eigenvalue weighted by molar-refractivity contribution is 9.11. The van der Waals surface area contributed by atoms with Gasteiger partial charge in [-0.1, -0.05) is 15.9 Å². The number of halogens is 3. The Morgan fingerprint density at radius 2 is 2.05 bits per heavy atom. The second-order valence-electron chi connectivity index (χ2n) is 3.72. The lowest BCUT2D eigenvalue weighted by Gasteiger charge is -2.09. The van der Waals surface area contributed by atoms with Crippen LogP contribution in [0.4, 0.5) is 11.5 Å². The highest BCUT2D eigenvalue weighted by Crippen LogP contribution is 2.30. The fourth-order valence-electron chi connectivity index (χ4n) is 1.62. The molecule has 0 bridgehead atoms. The number of aromatic amines is 1. The highest BCUT2D eigenvalue weighted by atomic mass is 79.9. The van der Waals surface area contributed by atoms with Crippen LogP contribution in [0.15, 0.2) is 33.3 Å². The summed E-state index contributed by atoms with van der Waals surface area (Å²) in [6.45, 7) is 0. The van der Waals surface area contributed by atoms with Crippen molar-refractivity contribution in [2.75, 3.05) is 5.32 Å². The van der Waals surface area contributed by atoms with E-state index < -0.39 is 0 Å². The standard InChI is InChI=1S/C11H6Br2ClN5/c12-5-1-2-8(7(13)3-5)16-9-6-4-15-19-10(6)18-11(14)17-9/h1-4H,(H2,15,16,17,18,19). The Morgan fingerprint density at radius 3 is 2.84 bits per heavy atom. The van der Waals surface area contributed by atoms with Crippen LogP contribution >= 0.6 is 43.5 Å². The number of nitrogens with one attached hydrogen (secondary N) is 2. The van der Waals surface area contributed by atoms with Crippen molar-refractivity contribution >= 4 is 66.0 Å². The first-order valence-electron chi connectivity index (χ1n) is 5.22. The van der Waals surface area contributed by atoms with E-state index >= 15 is 0 Å². The Labute approximate surface area is 130 Å². The molecule has 0 aliphatic heterocycles. The van der Waals surface area contributed by atoms with Gasteiger partial charge in [-0.05, 0) is 45.7 Å². The lowest BCUT2D eigenvalue weighted by atomic mass is 10.3. The van der Waals surface area contributed by atoms with Crippen LogP contribution in [0.3, 0.4) is 0 Å². The SMILES string of the molecule is Clc1nc(Nc2ccc(Br)cc2Br)c2cn[nH]c2n1. The summed E-state index contributed by atoms with van der Waals surface area (Å²) in [6.07, 6.45) is 1.65. The molecule has 0 spiro atoms. The minimum absolute atomic E-state index is 0.160. The van der Waals surface area contributed by atoms with Gasteiger partial charge in [-0.2, -0.15) is 15.1 Å². The Kier molecular flexibility index (Phi) is 3.42. The van der Waals surface area contributed by atoms with Gasteiger partial charge in [0.2, 0.25) is 5.28 Å². The van der Waals surface area contributed by atoms with Gasteiger partial charge in [-0.25, -0.2) is 0 Å². The van der Waals surface area contributed by atoms with E-state index in [1.807, 2.05) is 18.2 Å². The molecule has 0 amide bonds. The van der Waals surface area contributed by atoms with Crippen LogP contribution in [0.2, 0.25) is 5.28 Å². The Morgan fingerprint density at radius 1 is 1.21 bits per heavy atom. The third-order valence-corrected chi connectivity index (χ3v) is 3.79. The Hall–Kier alpha value is -1.18. The molecule has 0 unspecified atom stereocenters. The third kappa shape index (κ3) is 2.58. The van der Waals surface area contributed by atoms with Crippen molar-refractivity contribution in [3.05, 3.63) is 38.6 Å². The molecule has 2 heterocycles. The monoisotopic (exact) mass is 401 g/mol. The molecule has 0 radical (unpaired) electrons. The number of rotatable bonds is 2. The van der Waals surface area contributed by atoms with Gasteiger partial charge in [0.05, 0.1) is 17.3 Å². The number of nitrogens with zero attached hydrogens (tertiary/aromatic N) is 3. The summed E-state index contributed by atoms with van der Waals surface area (Å²) >= 11 is 12.8. The number of anilines is 2. The van der Waals surface area contributed by atoms with Crippen LogP contribution < -0.4 is 5.32 Å². The van der Waals surface area contributed by atoms with E-state index in [0.29, 0.717) is 11.5 Å². The summed E-state index contributed by atoms with van der Waals surface area (Å²) < 4.78 is 1.90. The zero-order valence-electron chi connectivity index (χ0n) is 9.28. The molecule has 3 aromatic rings. The second-order valence-corrected chi connectivity index (χ2v) is 5.83. The molecule has 0 saturated heterocycles. The maximum Gasteiger partial charge on any atom is 0.226 e. The highest BCUT2D eigenvalue weighted by Gasteiger charge is 2.10. The average molecular weight is 403 g/mol. The van der Waals surface area contributed by atoms with Crippen molar-refractivity contribution < 1.29 is 0 Å². The van der Waals surface area contributed by atoms with Gasteiger partial charge in [0, 0.05) is 8.95 Å². The van der Waals surface area contributed by atoms with Crippen molar-refractivity contribution in [1.82, 2.24) is 20.2 Å². The fraction of sp³-hybridized carbons (Fsp3) is 0. The van der Waals surface area contributed by atoms with Crippen molar-refractivity contribution in [3.63, 3.8) is 0 Å². The smallest absolute Gasteiger partial charge is 0.226 e. The number of fused-ring (bicyclic) bond motifs is 1. The molecule has 0 fully saturated rings. The van der Waals surface area contributed by atoms with E-state index in [0.717, 1.165) is 20.0 Å². The molecule has 2 N–H and O–H groups in total. The molecular formula is C11H6Br2ClN5. The van der Waals surface area contributed by atoms with E-state index in [4.69, 9.17) is 11.6 Å². The van der Waals surface area contributed by atoms with Gasteiger partial charge in [-0.3, -0.25) is 5.10 Å². The first-order valence-corrected chi connectivity index (χ1v) is 7.18. The van der Waals surface area contributed by atoms with Gasteiger partial charge >= 0.3 is 0 Å². The summed E-state index contributed by atoms with van der Waals surface area (Å²) in [5.74, 6) is 0.603. The Bertz CT molecular complexity index is 758. The third-order valence-electron chi connectivity index (χ3n) is 2.47. The molecule has 5 nitrogen and oxygen atoms in total. The van der Waals surface area contributed by atoms with Gasteiger partial charge < -0.3 is 5.32 Å². The number of benzene rings is 1. The molecule has 3 rings (SSSR count). The van der Waals surface area contributed by atoms with Gasteiger partial charge in [0.15, 0.2) is 5.65 Å². The summed E-state index contributed by atoms with van der Waals surface area (Å²) in [4.78, 5) is 8.23. The van der Waals surface area contributed by atoms with E-state index in [2.05, 4.69) is 57.3 Å². The second kappa shape index (κ2) is 5.07. The average Bonchev–Trinajstić information content (AvgIpc) is 2.80. The molecule has 0 atom stereocenters. The zero-order chi connectivity index (χ0) is 13.4. The fourth-order valence-corrected chi connectivity index (χ4v) is 2.94. The van der Waals surface area contributed by atoms with E-state index in [1.165, 1.54) is 0 Å². The van der Waals surface area contributed by atoms with Crippen LogP contribution in [-0.2, 0) is 0 Å². The summed E-state index contributed by atoms with van der Waals surface area (Å²) in [5.41, 5.74) is 1.47. The van der Waals surface area contributed by atoms with Gasteiger partial charge in [0.1, 0.15) is 5.82 Å². The number of hydrogen-bond donors (Lipinski definition) is 2. The lowest BCUT2D eigenvalue weighted by Crippen LogP contribution is -1.97. The summed E-state index contributed by atoms with van der Waals surface area (Å²) in [7, 11) is 0. The van der Waals surface area contributed by atoms with Gasteiger partial charge in [-0.15, -0.1) is 0 Å². The largest absolute Gasteiger partial charge is 0.339 e. The minimum Gasteiger partial charge on any atom is -0.339 e. The molecule has 0 aliphatic rings. The van der Waals surface area contributed by atoms with E-state index in [9.17, 15) is 0 Å². The van der Waals surface area contributed by atoms with E-state index in [1.54, 1.807) is 6.20 Å². The Balaban J connectivity index is 2.07.